The Hall–Kier alpha value is -4.87. The summed E-state index contributed by atoms with van der Waals surface area (Å²) < 4.78 is 46.7. The van der Waals surface area contributed by atoms with Gasteiger partial charge in [-0.15, -0.1) is 0 Å². The summed E-state index contributed by atoms with van der Waals surface area (Å²) in [4.78, 5) is 34.4. The van der Waals surface area contributed by atoms with E-state index in [0.717, 1.165) is 68.2 Å². The number of nitro benzene ring substituents is 1. The highest BCUT2D eigenvalue weighted by molar-refractivity contribution is 7.90. The van der Waals surface area contributed by atoms with Crippen molar-refractivity contribution in [2.75, 3.05) is 57.9 Å². The van der Waals surface area contributed by atoms with Gasteiger partial charge in [0.25, 0.3) is 21.6 Å². The summed E-state index contributed by atoms with van der Waals surface area (Å²) in [5.41, 5.74) is 2.21. The van der Waals surface area contributed by atoms with Crippen LogP contribution in [0.1, 0.15) is 35.2 Å². The molecule has 1 atom stereocenters. The van der Waals surface area contributed by atoms with E-state index >= 15 is 0 Å². The molecule has 3 aliphatic heterocycles. The summed E-state index contributed by atoms with van der Waals surface area (Å²) >= 11 is 0. The minimum atomic E-state index is -4.54. The number of nitrogens with one attached hydrogen (secondary N) is 4. The van der Waals surface area contributed by atoms with Gasteiger partial charge in [-0.25, -0.2) is 18.1 Å². The topological polar surface area (TPSA) is 190 Å². The second-order valence-corrected chi connectivity index (χ2v) is 14.3. The van der Waals surface area contributed by atoms with Gasteiger partial charge >= 0.3 is 0 Å². The fourth-order valence-electron chi connectivity index (χ4n) is 6.67. The largest absolute Gasteiger partial charge is 0.455 e. The van der Waals surface area contributed by atoms with E-state index in [1.54, 1.807) is 24.4 Å². The molecule has 5 heterocycles. The van der Waals surface area contributed by atoms with Gasteiger partial charge in [0.1, 0.15) is 22.8 Å². The van der Waals surface area contributed by atoms with Gasteiger partial charge in [-0.3, -0.25) is 19.8 Å². The minimum Gasteiger partial charge on any atom is -0.455 e. The van der Waals surface area contributed by atoms with Crippen LogP contribution in [0.25, 0.3) is 16.6 Å². The van der Waals surface area contributed by atoms with E-state index in [1.807, 2.05) is 6.07 Å². The van der Waals surface area contributed by atoms with E-state index in [4.69, 9.17) is 14.2 Å². The number of benzene rings is 2. The van der Waals surface area contributed by atoms with E-state index in [9.17, 15) is 23.3 Å². The molecule has 51 heavy (non-hydrogen) atoms. The van der Waals surface area contributed by atoms with Crippen molar-refractivity contribution >= 4 is 43.9 Å². The van der Waals surface area contributed by atoms with E-state index < -0.39 is 31.4 Å². The van der Waals surface area contributed by atoms with Crippen LogP contribution in [0.3, 0.4) is 0 Å². The number of anilines is 1. The van der Waals surface area contributed by atoms with Crippen molar-refractivity contribution in [2.45, 2.75) is 36.3 Å². The molecule has 15 nitrogen and oxygen atoms in total. The number of fused-ring (bicyclic) bond motifs is 1. The van der Waals surface area contributed by atoms with Crippen LogP contribution < -0.4 is 20.1 Å². The van der Waals surface area contributed by atoms with Crippen LogP contribution in [0.4, 0.5) is 11.4 Å². The van der Waals surface area contributed by atoms with Gasteiger partial charge in [-0.1, -0.05) is 12.1 Å². The second kappa shape index (κ2) is 15.2. The maximum Gasteiger partial charge on any atom is 0.293 e. The number of hydrogen-bond donors (Lipinski definition) is 4. The lowest BCUT2D eigenvalue weighted by molar-refractivity contribution is -0.384. The van der Waals surface area contributed by atoms with Gasteiger partial charge in [-0.2, -0.15) is 0 Å². The normalized spacial score (nSPS) is 19.0. The van der Waals surface area contributed by atoms with Crippen LogP contribution in [0.15, 0.2) is 71.9 Å². The number of aromatic amines is 1. The average molecular weight is 718 g/mol. The molecule has 2 fully saturated rings. The average Bonchev–Trinajstić information content (AvgIpc) is 3.62. The number of carbonyl (C=O) groups is 1. The predicted octanol–water partition coefficient (Wildman–Crippen LogP) is 4.05. The molecular weight excluding hydrogens is 678 g/mol. The molecule has 3 aliphatic rings. The van der Waals surface area contributed by atoms with Gasteiger partial charge in [-0.05, 0) is 73.3 Å². The molecule has 2 saturated heterocycles. The molecule has 0 spiro atoms. The summed E-state index contributed by atoms with van der Waals surface area (Å²) in [6.07, 6.45) is 7.77. The maximum atomic E-state index is 13.6. The number of carbonyl (C=O) groups excluding carboxylic acids is 1. The zero-order valence-electron chi connectivity index (χ0n) is 27.8. The first kappa shape index (κ1) is 34.6. The van der Waals surface area contributed by atoms with Gasteiger partial charge in [0.05, 0.1) is 34.3 Å². The second-order valence-electron chi connectivity index (χ2n) is 12.7. The van der Waals surface area contributed by atoms with Crippen LogP contribution in [0.2, 0.25) is 0 Å². The lowest BCUT2D eigenvalue weighted by atomic mass is 9.98. The SMILES string of the molecule is O=C(NS(=O)(=O)c1ccc(NCC2CN(C3CCOCC3)CCO2)c([N+](=O)[O-])c1)c1ccc(C2=CCNCC2)cc1Oc1cnc2[nH]ccc2c1. The number of nitrogens with zero attached hydrogens (tertiary/aromatic N) is 3. The van der Waals surface area contributed by atoms with Gasteiger partial charge < -0.3 is 29.8 Å². The molecule has 2 aromatic heterocycles. The van der Waals surface area contributed by atoms with Crippen molar-refractivity contribution in [3.8, 4) is 11.5 Å². The quantitative estimate of drug-likeness (QED) is 0.129. The van der Waals surface area contributed by atoms with Crippen LogP contribution in [0.5, 0.6) is 11.5 Å². The molecule has 7 rings (SSSR count). The van der Waals surface area contributed by atoms with Crippen LogP contribution in [0, 0.1) is 10.1 Å². The number of ether oxygens (including phenoxy) is 3. The highest BCUT2D eigenvalue weighted by Gasteiger charge is 2.29. The number of nitro groups is 1. The first-order chi connectivity index (χ1) is 24.7. The van der Waals surface area contributed by atoms with Crippen LogP contribution in [-0.2, 0) is 19.5 Å². The van der Waals surface area contributed by atoms with Gasteiger partial charge in [0.15, 0.2) is 0 Å². The number of amides is 1. The van der Waals surface area contributed by atoms with Crippen molar-refractivity contribution in [2.24, 2.45) is 0 Å². The Morgan fingerprint density at radius 2 is 1.98 bits per heavy atom. The molecule has 4 aromatic rings. The number of H-pyrrole nitrogens is 1. The van der Waals surface area contributed by atoms with Crippen LogP contribution >= 0.6 is 0 Å². The van der Waals surface area contributed by atoms with E-state index in [0.29, 0.717) is 43.7 Å². The number of rotatable bonds is 11. The third-order valence-corrected chi connectivity index (χ3v) is 10.7. The molecule has 4 N–H and O–H groups in total. The maximum absolute atomic E-state index is 13.6. The van der Waals surface area contributed by atoms with Crippen molar-refractivity contribution in [3.05, 3.63) is 88.2 Å². The lowest BCUT2D eigenvalue weighted by Gasteiger charge is -2.39. The number of morpholine rings is 1. The molecule has 0 bridgehead atoms. The Balaban J connectivity index is 1.08. The monoisotopic (exact) mass is 717 g/mol. The highest BCUT2D eigenvalue weighted by Crippen LogP contribution is 2.33. The Bertz CT molecular complexity index is 2060. The molecule has 1 unspecified atom stereocenters. The molecule has 16 heteroatoms. The molecule has 0 aliphatic carbocycles. The number of hydrogen-bond acceptors (Lipinski definition) is 12. The fourth-order valence-corrected chi connectivity index (χ4v) is 7.65. The number of pyridine rings is 1. The van der Waals surface area contributed by atoms with E-state index in [1.165, 1.54) is 24.4 Å². The first-order valence-electron chi connectivity index (χ1n) is 16.9. The molecule has 1 amide bonds. The summed E-state index contributed by atoms with van der Waals surface area (Å²) in [7, 11) is -4.54. The van der Waals surface area contributed by atoms with Crippen LogP contribution in [-0.4, -0.2) is 98.8 Å². The lowest BCUT2D eigenvalue weighted by Crippen LogP contribution is -2.51. The van der Waals surface area contributed by atoms with Crippen molar-refractivity contribution in [3.63, 3.8) is 0 Å². The summed E-state index contributed by atoms with van der Waals surface area (Å²) in [6.45, 7) is 5.27. The molecular formula is C35H39N7O8S. The third-order valence-electron chi connectivity index (χ3n) is 9.36. The highest BCUT2D eigenvalue weighted by atomic mass is 32.2. The summed E-state index contributed by atoms with van der Waals surface area (Å²) in [5.74, 6) is -0.480. The predicted molar refractivity (Wildman–Crippen MR) is 189 cm³/mol. The zero-order chi connectivity index (χ0) is 35.4. The third kappa shape index (κ3) is 8.05. The van der Waals surface area contributed by atoms with E-state index in [2.05, 4.69) is 36.3 Å². The summed E-state index contributed by atoms with van der Waals surface area (Å²) in [6, 6.07) is 12.4. The Morgan fingerprint density at radius 1 is 1.12 bits per heavy atom. The molecule has 2 aromatic carbocycles. The molecule has 0 saturated carbocycles. The Labute approximate surface area is 294 Å². The minimum absolute atomic E-state index is 0.0407. The smallest absolute Gasteiger partial charge is 0.293 e. The Morgan fingerprint density at radius 3 is 2.78 bits per heavy atom. The van der Waals surface area contributed by atoms with Gasteiger partial charge in [0, 0.05) is 63.1 Å². The zero-order valence-corrected chi connectivity index (χ0v) is 28.6. The molecule has 268 valence electrons. The number of sulfonamides is 1. The standard InChI is InChI=1S/C35H39N7O8S/c43-35(30-3-1-24(23-5-10-36-11-6-23)18-33(30)50-27-17-25-7-12-37-34(25)39-20-27)40-51(46,47)29-2-4-31(32(19-29)42(44)45)38-21-28-22-41(13-16-49-28)26-8-14-48-15-9-26/h1-5,7,12,17-20,26,28,36,38H,6,8-11,13-16,21-22H2,(H,37,39)(H,40,43). The fraction of sp³-hybridized carbons (Fsp3) is 0.371. The first-order valence-corrected chi connectivity index (χ1v) is 18.4. The molecule has 0 radical (unpaired) electrons. The summed E-state index contributed by atoms with van der Waals surface area (Å²) in [5, 5.41) is 19.2. The van der Waals surface area contributed by atoms with E-state index in [-0.39, 0.29) is 23.1 Å². The van der Waals surface area contributed by atoms with Crippen molar-refractivity contribution in [1.29, 1.82) is 0 Å². The van der Waals surface area contributed by atoms with Crippen molar-refractivity contribution < 1.29 is 32.3 Å². The number of aromatic nitrogens is 2. The Kier molecular flexibility index (Phi) is 10.3. The van der Waals surface area contributed by atoms with Gasteiger partial charge in [0.2, 0.25) is 0 Å². The van der Waals surface area contributed by atoms with Crippen molar-refractivity contribution in [1.82, 2.24) is 24.9 Å².